The Bertz CT molecular complexity index is 941. The maximum Gasteiger partial charge on any atom is 0.240 e. The molecule has 1 amide bonds. The van der Waals surface area contributed by atoms with Crippen molar-refractivity contribution >= 4 is 5.91 Å². The van der Waals surface area contributed by atoms with Crippen LogP contribution in [-0.2, 0) is 17.8 Å². The number of nitrogens with one attached hydrogen (secondary N) is 2. The van der Waals surface area contributed by atoms with Gasteiger partial charge < -0.3 is 10.6 Å². The highest BCUT2D eigenvalue weighted by molar-refractivity contribution is 5.87. The molecule has 3 saturated heterocycles. The molecule has 1 aliphatic carbocycles. The molecule has 0 radical (unpaired) electrons. The summed E-state index contributed by atoms with van der Waals surface area (Å²) in [5.41, 5.74) is 3.41. The quantitative estimate of drug-likeness (QED) is 0.698. The summed E-state index contributed by atoms with van der Waals surface area (Å²) in [4.78, 5) is 16.3. The van der Waals surface area contributed by atoms with Gasteiger partial charge in [0.05, 0.1) is 5.54 Å². The lowest BCUT2D eigenvalue weighted by molar-refractivity contribution is -0.133. The van der Waals surface area contributed by atoms with Crippen LogP contribution in [-0.4, -0.2) is 41.5 Å². The molecule has 2 aromatic rings. The van der Waals surface area contributed by atoms with Crippen molar-refractivity contribution in [1.82, 2.24) is 15.5 Å². The lowest BCUT2D eigenvalue weighted by atomic mass is 9.64. The van der Waals surface area contributed by atoms with E-state index in [4.69, 9.17) is 0 Å². The van der Waals surface area contributed by atoms with Crippen molar-refractivity contribution in [2.75, 3.05) is 13.1 Å². The van der Waals surface area contributed by atoms with Crippen LogP contribution in [0.1, 0.15) is 43.4 Å². The number of carbonyl (C=O) groups excluding carboxylic acids is 1. The summed E-state index contributed by atoms with van der Waals surface area (Å²) in [5.74, 6) is 2.06. The van der Waals surface area contributed by atoms with Crippen LogP contribution in [0.2, 0.25) is 0 Å². The molecule has 3 aliphatic heterocycles. The Morgan fingerprint density at radius 2 is 1.81 bits per heavy atom. The fraction of sp³-hybridized carbons (Fsp3) is 0.536. The Morgan fingerprint density at radius 1 is 1.06 bits per heavy atom. The van der Waals surface area contributed by atoms with Gasteiger partial charge in [0.2, 0.25) is 5.91 Å². The maximum atomic E-state index is 13.5. The SMILES string of the molecule is Cc1ccc(CNC(=O)C23CC4C(CN2)C(C3)N(CC(C)C)C4Cc2ccccc2)cc1. The van der Waals surface area contributed by atoms with Gasteiger partial charge >= 0.3 is 0 Å². The molecule has 4 fully saturated rings. The molecule has 1 saturated carbocycles. The van der Waals surface area contributed by atoms with E-state index in [0.29, 0.717) is 36.4 Å². The first-order valence-electron chi connectivity index (χ1n) is 12.3. The zero-order valence-corrected chi connectivity index (χ0v) is 19.7. The van der Waals surface area contributed by atoms with Crippen LogP contribution in [0.3, 0.4) is 0 Å². The molecule has 4 heteroatoms. The number of piperidine rings is 2. The van der Waals surface area contributed by atoms with Gasteiger partial charge in [-0.05, 0) is 55.1 Å². The Labute approximate surface area is 192 Å². The van der Waals surface area contributed by atoms with Crippen molar-refractivity contribution in [2.45, 2.75) is 64.2 Å². The first-order valence-corrected chi connectivity index (χ1v) is 12.3. The van der Waals surface area contributed by atoms with Crippen molar-refractivity contribution in [1.29, 1.82) is 0 Å². The maximum absolute atomic E-state index is 13.5. The van der Waals surface area contributed by atoms with E-state index >= 15 is 0 Å². The van der Waals surface area contributed by atoms with Crippen LogP contribution in [0, 0.1) is 24.7 Å². The minimum absolute atomic E-state index is 0.191. The van der Waals surface area contributed by atoms with Crippen LogP contribution in [0.4, 0.5) is 0 Å². The highest BCUT2D eigenvalue weighted by Crippen LogP contribution is 2.52. The van der Waals surface area contributed by atoms with Gasteiger partial charge in [-0.15, -0.1) is 0 Å². The summed E-state index contributed by atoms with van der Waals surface area (Å²) < 4.78 is 0. The second kappa shape index (κ2) is 8.64. The Kier molecular flexibility index (Phi) is 5.85. The third kappa shape index (κ3) is 3.99. The number of hydrogen-bond donors (Lipinski definition) is 2. The minimum atomic E-state index is -0.421. The van der Waals surface area contributed by atoms with Gasteiger partial charge in [0.15, 0.2) is 0 Å². The van der Waals surface area contributed by atoms with Crippen molar-refractivity contribution < 1.29 is 4.79 Å². The summed E-state index contributed by atoms with van der Waals surface area (Å²) in [7, 11) is 0. The van der Waals surface area contributed by atoms with Crippen LogP contribution in [0.15, 0.2) is 54.6 Å². The van der Waals surface area contributed by atoms with Gasteiger partial charge in [-0.2, -0.15) is 0 Å². The molecule has 2 aromatic carbocycles. The number of benzene rings is 2. The fourth-order valence-electron chi connectivity index (χ4n) is 6.59. The summed E-state index contributed by atoms with van der Waals surface area (Å²) >= 11 is 0. The molecule has 0 spiro atoms. The number of amides is 1. The molecule has 4 nitrogen and oxygen atoms in total. The predicted octanol–water partition coefficient (Wildman–Crippen LogP) is 3.93. The zero-order chi connectivity index (χ0) is 22.3. The summed E-state index contributed by atoms with van der Waals surface area (Å²) in [6, 6.07) is 20.4. The zero-order valence-electron chi connectivity index (χ0n) is 19.7. The Balaban J connectivity index is 1.35. The predicted molar refractivity (Wildman–Crippen MR) is 129 cm³/mol. The van der Waals surface area contributed by atoms with Gasteiger partial charge in [-0.1, -0.05) is 74.0 Å². The number of nitrogens with zero attached hydrogens (tertiary/aromatic N) is 1. The largest absolute Gasteiger partial charge is 0.350 e. The molecule has 32 heavy (non-hydrogen) atoms. The summed E-state index contributed by atoms with van der Waals surface area (Å²) in [5, 5.41) is 6.97. The number of likely N-dealkylation sites (tertiary alicyclic amines) is 1. The van der Waals surface area contributed by atoms with Gasteiger partial charge in [0.25, 0.3) is 0 Å². The van der Waals surface area contributed by atoms with Crippen molar-refractivity contribution in [3.63, 3.8) is 0 Å². The van der Waals surface area contributed by atoms with Gasteiger partial charge in [-0.25, -0.2) is 0 Å². The summed E-state index contributed by atoms with van der Waals surface area (Å²) in [6.07, 6.45) is 2.98. The van der Waals surface area contributed by atoms with E-state index in [0.717, 1.165) is 37.9 Å². The number of aryl methyl sites for hydroxylation is 1. The van der Waals surface area contributed by atoms with Gasteiger partial charge in [-0.3, -0.25) is 9.69 Å². The minimum Gasteiger partial charge on any atom is -0.350 e. The van der Waals surface area contributed by atoms with Gasteiger partial charge in [0.1, 0.15) is 0 Å². The normalized spacial score (nSPS) is 31.2. The highest BCUT2D eigenvalue weighted by atomic mass is 16.2. The average molecular weight is 432 g/mol. The van der Waals surface area contributed by atoms with Crippen molar-refractivity contribution in [2.24, 2.45) is 17.8 Å². The molecule has 6 rings (SSSR count). The fourth-order valence-corrected chi connectivity index (χ4v) is 6.59. The summed E-state index contributed by atoms with van der Waals surface area (Å²) in [6.45, 7) is 9.43. The molecule has 4 aliphatic rings. The molecule has 3 heterocycles. The number of fused-ring (bicyclic) bond motifs is 1. The average Bonchev–Trinajstić information content (AvgIpc) is 3.00. The molecule has 5 unspecified atom stereocenters. The van der Waals surface area contributed by atoms with E-state index in [1.54, 1.807) is 0 Å². The van der Waals surface area contributed by atoms with Crippen LogP contribution in [0.5, 0.6) is 0 Å². The van der Waals surface area contributed by atoms with E-state index in [2.05, 4.69) is 90.9 Å². The number of rotatable bonds is 7. The molecule has 2 N–H and O–H groups in total. The van der Waals surface area contributed by atoms with Crippen molar-refractivity contribution in [3.05, 3.63) is 71.3 Å². The topological polar surface area (TPSA) is 44.4 Å². The van der Waals surface area contributed by atoms with E-state index < -0.39 is 5.54 Å². The Morgan fingerprint density at radius 3 is 2.53 bits per heavy atom. The molecule has 4 bridgehead atoms. The van der Waals surface area contributed by atoms with Crippen LogP contribution < -0.4 is 10.6 Å². The standard InChI is InChI=1S/C28H37N3O/c1-19(2)18-31-25(13-21-7-5-4-6-8-21)23-14-28(15-26(31)24(23)17-30-28)27(32)29-16-22-11-9-20(3)10-12-22/h4-12,19,23-26,30H,13-18H2,1-3H3,(H,29,32). The lowest BCUT2D eigenvalue weighted by Crippen LogP contribution is -2.68. The van der Waals surface area contributed by atoms with Crippen LogP contribution >= 0.6 is 0 Å². The lowest BCUT2D eigenvalue weighted by Gasteiger charge is -2.50. The first kappa shape index (κ1) is 21.7. The molecular formula is C28H37N3O. The molecule has 0 aromatic heterocycles. The first-order chi connectivity index (χ1) is 15.4. The number of carbonyl (C=O) groups is 1. The molecule has 5 atom stereocenters. The second-order valence-electron chi connectivity index (χ2n) is 10.8. The van der Waals surface area contributed by atoms with E-state index in [1.165, 1.54) is 11.1 Å². The third-order valence-electron chi connectivity index (χ3n) is 8.08. The van der Waals surface area contributed by atoms with Crippen LogP contribution in [0.25, 0.3) is 0 Å². The Hall–Kier alpha value is -2.17. The molecular weight excluding hydrogens is 394 g/mol. The van der Waals surface area contributed by atoms with E-state index in [-0.39, 0.29) is 5.91 Å². The third-order valence-corrected chi connectivity index (χ3v) is 8.08. The van der Waals surface area contributed by atoms with Crippen molar-refractivity contribution in [3.8, 4) is 0 Å². The smallest absolute Gasteiger partial charge is 0.240 e. The number of hydrogen-bond acceptors (Lipinski definition) is 3. The van der Waals surface area contributed by atoms with Gasteiger partial charge in [0, 0.05) is 31.7 Å². The molecule has 170 valence electrons. The van der Waals surface area contributed by atoms with E-state index in [9.17, 15) is 4.79 Å². The van der Waals surface area contributed by atoms with E-state index in [1.807, 2.05) is 0 Å². The second-order valence-corrected chi connectivity index (χ2v) is 10.8. The highest BCUT2D eigenvalue weighted by Gasteiger charge is 2.62. The monoisotopic (exact) mass is 431 g/mol.